The van der Waals surface area contributed by atoms with Crippen molar-refractivity contribution in [2.45, 2.75) is 13.2 Å². The van der Waals surface area contributed by atoms with Crippen molar-refractivity contribution >= 4 is 23.4 Å². The van der Waals surface area contributed by atoms with Crippen LogP contribution in [0.5, 0.6) is 5.75 Å². The van der Waals surface area contributed by atoms with Crippen LogP contribution in [0.3, 0.4) is 0 Å². The minimum atomic E-state index is -0.387. The molecule has 0 unspecified atom stereocenters. The number of aliphatic imine (C=N–C) groups is 1. The fraction of sp³-hybridized carbons (Fsp3) is 0.125. The van der Waals surface area contributed by atoms with E-state index in [1.54, 1.807) is 12.3 Å². The van der Waals surface area contributed by atoms with E-state index in [2.05, 4.69) is 9.89 Å². The molecule has 146 valence electrons. The van der Waals surface area contributed by atoms with Crippen LogP contribution in [-0.4, -0.2) is 17.8 Å². The first-order valence-electron chi connectivity index (χ1n) is 9.34. The second-order valence-electron chi connectivity index (χ2n) is 6.83. The molecule has 0 atom stereocenters. The Labute approximate surface area is 174 Å². The normalized spacial score (nSPS) is 13.3. The maximum absolute atomic E-state index is 14.6. The molecule has 4 rings (SSSR count). The summed E-state index contributed by atoms with van der Waals surface area (Å²) in [5.74, 6) is -0.147. The summed E-state index contributed by atoms with van der Waals surface area (Å²) < 4.78 is 20.2. The molecule has 0 aliphatic carbocycles. The van der Waals surface area contributed by atoms with Crippen molar-refractivity contribution in [2.24, 2.45) is 4.99 Å². The monoisotopic (exact) mass is 406 g/mol. The summed E-state index contributed by atoms with van der Waals surface area (Å²) in [5.41, 5.74) is 3.76. The van der Waals surface area contributed by atoms with Gasteiger partial charge in [0, 0.05) is 29.6 Å². The average Bonchev–Trinajstić information content (AvgIpc) is 2.75. The molecule has 1 aliphatic heterocycles. The molecule has 1 aliphatic rings. The van der Waals surface area contributed by atoms with Crippen LogP contribution in [0.15, 0.2) is 84.0 Å². The highest BCUT2D eigenvalue weighted by Crippen LogP contribution is 2.25. The standard InChI is InChI=1S/C24H20ClFN2O/c25-22-9-6-18(7-10-22)14-28-15-21(13-27-17-28)20-8-11-24(23(26)12-20)29-16-19-4-2-1-3-5-19/h1-13,15H,14,16-17H2. The molecule has 3 nitrogen and oxygen atoms in total. The van der Waals surface area contributed by atoms with Crippen molar-refractivity contribution in [3.05, 3.63) is 107 Å². The predicted octanol–water partition coefficient (Wildman–Crippen LogP) is 5.94. The van der Waals surface area contributed by atoms with Gasteiger partial charge < -0.3 is 9.64 Å². The lowest BCUT2D eigenvalue weighted by atomic mass is 10.1. The third kappa shape index (κ3) is 5.04. The van der Waals surface area contributed by atoms with Crippen molar-refractivity contribution in [3.8, 4) is 5.75 Å². The van der Waals surface area contributed by atoms with Crippen molar-refractivity contribution in [1.82, 2.24) is 4.90 Å². The molecule has 0 spiro atoms. The Kier molecular flexibility index (Phi) is 5.92. The van der Waals surface area contributed by atoms with Crippen LogP contribution >= 0.6 is 11.6 Å². The highest BCUT2D eigenvalue weighted by Gasteiger charge is 2.12. The van der Waals surface area contributed by atoms with Gasteiger partial charge in [0.15, 0.2) is 11.6 Å². The summed E-state index contributed by atoms with van der Waals surface area (Å²) in [4.78, 5) is 6.49. The molecule has 0 aromatic heterocycles. The van der Waals surface area contributed by atoms with E-state index in [9.17, 15) is 4.39 Å². The van der Waals surface area contributed by atoms with E-state index in [0.29, 0.717) is 24.8 Å². The zero-order chi connectivity index (χ0) is 20.1. The Bertz CT molecular complexity index is 1030. The van der Waals surface area contributed by atoms with Crippen molar-refractivity contribution in [3.63, 3.8) is 0 Å². The number of ether oxygens (including phenoxy) is 1. The van der Waals surface area contributed by atoms with E-state index in [1.807, 2.05) is 66.9 Å². The van der Waals surface area contributed by atoms with E-state index in [-0.39, 0.29) is 11.6 Å². The van der Waals surface area contributed by atoms with E-state index in [4.69, 9.17) is 16.3 Å². The largest absolute Gasteiger partial charge is 0.486 e. The number of allylic oxidation sites excluding steroid dienone is 1. The third-order valence-electron chi connectivity index (χ3n) is 4.62. The molecule has 0 bridgehead atoms. The lowest BCUT2D eigenvalue weighted by molar-refractivity contribution is 0.290. The molecule has 0 saturated carbocycles. The molecule has 29 heavy (non-hydrogen) atoms. The Balaban J connectivity index is 1.45. The molecule has 0 amide bonds. The second-order valence-corrected chi connectivity index (χ2v) is 7.27. The first-order chi connectivity index (χ1) is 14.2. The van der Waals surface area contributed by atoms with Gasteiger partial charge in [0.05, 0.1) is 0 Å². The van der Waals surface area contributed by atoms with Crippen LogP contribution in [0.25, 0.3) is 5.57 Å². The number of hydrogen-bond donors (Lipinski definition) is 0. The van der Waals surface area contributed by atoms with Crippen molar-refractivity contribution in [2.75, 3.05) is 6.67 Å². The third-order valence-corrected chi connectivity index (χ3v) is 4.87. The smallest absolute Gasteiger partial charge is 0.165 e. The van der Waals surface area contributed by atoms with Gasteiger partial charge in [-0.25, -0.2) is 4.39 Å². The van der Waals surface area contributed by atoms with Gasteiger partial charge in [-0.2, -0.15) is 0 Å². The van der Waals surface area contributed by atoms with Crippen LogP contribution in [0, 0.1) is 5.82 Å². The fourth-order valence-corrected chi connectivity index (χ4v) is 3.24. The lowest BCUT2D eigenvalue weighted by Gasteiger charge is -2.23. The average molecular weight is 407 g/mol. The van der Waals surface area contributed by atoms with Gasteiger partial charge in [0.25, 0.3) is 0 Å². The van der Waals surface area contributed by atoms with Crippen LogP contribution in [-0.2, 0) is 13.2 Å². The Morgan fingerprint density at radius 1 is 0.966 bits per heavy atom. The summed E-state index contributed by atoms with van der Waals surface area (Å²) in [5, 5.41) is 0.715. The van der Waals surface area contributed by atoms with Crippen molar-refractivity contribution < 1.29 is 9.13 Å². The summed E-state index contributed by atoms with van der Waals surface area (Å²) in [7, 11) is 0. The van der Waals surface area contributed by atoms with Crippen LogP contribution < -0.4 is 4.74 Å². The van der Waals surface area contributed by atoms with Crippen LogP contribution in [0.4, 0.5) is 4.39 Å². The lowest BCUT2D eigenvalue weighted by Crippen LogP contribution is -2.20. The zero-order valence-corrected chi connectivity index (χ0v) is 16.5. The summed E-state index contributed by atoms with van der Waals surface area (Å²) in [6.45, 7) is 1.60. The van der Waals surface area contributed by atoms with Gasteiger partial charge >= 0.3 is 0 Å². The Morgan fingerprint density at radius 3 is 2.52 bits per heavy atom. The van der Waals surface area contributed by atoms with Gasteiger partial charge in [-0.15, -0.1) is 0 Å². The van der Waals surface area contributed by atoms with E-state index in [0.717, 1.165) is 22.3 Å². The molecular weight excluding hydrogens is 387 g/mol. The second kappa shape index (κ2) is 8.93. The van der Waals surface area contributed by atoms with Crippen LogP contribution in [0.2, 0.25) is 5.02 Å². The highest BCUT2D eigenvalue weighted by molar-refractivity contribution is 6.30. The molecule has 0 radical (unpaired) electrons. The first kappa shape index (κ1) is 19.2. The highest BCUT2D eigenvalue weighted by atomic mass is 35.5. The van der Waals surface area contributed by atoms with E-state index >= 15 is 0 Å². The summed E-state index contributed by atoms with van der Waals surface area (Å²) in [6, 6.07) is 22.4. The van der Waals surface area contributed by atoms with Crippen molar-refractivity contribution in [1.29, 1.82) is 0 Å². The van der Waals surface area contributed by atoms with Gasteiger partial charge in [0.1, 0.15) is 13.3 Å². The number of hydrogen-bond acceptors (Lipinski definition) is 3. The van der Waals surface area contributed by atoms with Gasteiger partial charge in [-0.05, 0) is 41.0 Å². The predicted molar refractivity (Wildman–Crippen MR) is 116 cm³/mol. The molecule has 5 heteroatoms. The summed E-state index contributed by atoms with van der Waals surface area (Å²) >= 11 is 5.95. The maximum atomic E-state index is 14.6. The fourth-order valence-electron chi connectivity index (χ4n) is 3.12. The van der Waals surface area contributed by atoms with Crippen LogP contribution in [0.1, 0.15) is 16.7 Å². The molecule has 3 aromatic rings. The first-order valence-corrected chi connectivity index (χ1v) is 9.72. The molecule has 0 saturated heterocycles. The SMILES string of the molecule is Fc1cc(C2=CN(Cc3ccc(Cl)cc3)CN=C2)ccc1OCc1ccccc1. The Morgan fingerprint density at radius 2 is 1.76 bits per heavy atom. The molecular formula is C24H20ClFN2O. The topological polar surface area (TPSA) is 24.8 Å². The minimum absolute atomic E-state index is 0.240. The van der Waals surface area contributed by atoms with Gasteiger partial charge in [-0.3, -0.25) is 4.99 Å². The van der Waals surface area contributed by atoms with E-state index < -0.39 is 0 Å². The summed E-state index contributed by atoms with van der Waals surface area (Å²) in [6.07, 6.45) is 3.78. The molecule has 0 N–H and O–H groups in total. The number of halogens is 2. The number of benzene rings is 3. The zero-order valence-electron chi connectivity index (χ0n) is 15.8. The number of rotatable bonds is 6. The minimum Gasteiger partial charge on any atom is -0.486 e. The molecule has 3 aromatic carbocycles. The van der Waals surface area contributed by atoms with Gasteiger partial charge in [-0.1, -0.05) is 60.1 Å². The maximum Gasteiger partial charge on any atom is 0.165 e. The molecule has 1 heterocycles. The van der Waals surface area contributed by atoms with E-state index in [1.165, 1.54) is 6.07 Å². The quantitative estimate of drug-likeness (QED) is 0.505. The van der Waals surface area contributed by atoms with Gasteiger partial charge in [0.2, 0.25) is 0 Å². The molecule has 0 fully saturated rings. The Hall–Kier alpha value is -3.11. The number of nitrogens with zero attached hydrogens (tertiary/aromatic N) is 2.